The van der Waals surface area contributed by atoms with Crippen LogP contribution in [-0.2, 0) is 0 Å². The van der Waals surface area contributed by atoms with Gasteiger partial charge in [0.15, 0.2) is 0 Å². The van der Waals surface area contributed by atoms with Crippen LogP contribution < -0.4 is 5.38 Å². The summed E-state index contributed by atoms with van der Waals surface area (Å²) in [5.74, 6) is 0. The SMILES string of the molecule is C[Si](C)(C)c1onc(-c2c(Cl)cccc2Cl)c1C(O)c1cccnc1. The molecule has 0 aliphatic rings. The molecule has 0 radical (unpaired) electrons. The van der Waals surface area contributed by atoms with Gasteiger partial charge in [-0.3, -0.25) is 4.98 Å². The standard InChI is InChI=1S/C18H18Cl2N2O2Si/c1-25(2,3)18-15(17(23)11-6-5-9-21-10-11)16(22-24-18)14-12(19)7-4-8-13(14)20/h4-10,17,23H,1-3H3. The summed E-state index contributed by atoms with van der Waals surface area (Å²) in [6.07, 6.45) is 2.36. The van der Waals surface area contributed by atoms with Crippen molar-refractivity contribution in [2.24, 2.45) is 0 Å². The number of halogens is 2. The molecule has 1 atom stereocenters. The fourth-order valence-corrected chi connectivity index (χ4v) is 4.66. The first-order valence-electron chi connectivity index (χ1n) is 7.83. The summed E-state index contributed by atoms with van der Waals surface area (Å²) >= 11 is 12.7. The van der Waals surface area contributed by atoms with Crippen molar-refractivity contribution in [2.45, 2.75) is 25.7 Å². The Labute approximate surface area is 157 Å². The molecule has 3 aromatic rings. The van der Waals surface area contributed by atoms with E-state index in [0.29, 0.717) is 32.4 Å². The van der Waals surface area contributed by atoms with Crippen LogP contribution in [0.4, 0.5) is 0 Å². The summed E-state index contributed by atoms with van der Waals surface area (Å²) in [4.78, 5) is 4.09. The van der Waals surface area contributed by atoms with Gasteiger partial charge in [0.25, 0.3) is 0 Å². The number of aliphatic hydroxyl groups is 1. The van der Waals surface area contributed by atoms with Gasteiger partial charge in [0, 0.05) is 23.5 Å². The zero-order valence-electron chi connectivity index (χ0n) is 14.1. The lowest BCUT2D eigenvalue weighted by Crippen LogP contribution is -2.39. The predicted molar refractivity (Wildman–Crippen MR) is 103 cm³/mol. The van der Waals surface area contributed by atoms with Crippen molar-refractivity contribution >= 4 is 36.7 Å². The summed E-state index contributed by atoms with van der Waals surface area (Å²) in [7, 11) is -1.92. The van der Waals surface area contributed by atoms with Crippen molar-refractivity contribution in [3.8, 4) is 11.3 Å². The maximum absolute atomic E-state index is 11.0. The molecule has 2 aromatic heterocycles. The van der Waals surface area contributed by atoms with Gasteiger partial charge in [0.05, 0.1) is 15.6 Å². The smallest absolute Gasteiger partial charge is 0.127 e. The number of hydrogen-bond donors (Lipinski definition) is 1. The molecule has 1 aromatic carbocycles. The van der Waals surface area contributed by atoms with Crippen molar-refractivity contribution in [3.63, 3.8) is 0 Å². The summed E-state index contributed by atoms with van der Waals surface area (Å²) in [5.41, 5.74) is 2.32. The Hall–Kier alpha value is -1.66. The number of aromatic nitrogens is 2. The first kappa shape index (κ1) is 18.1. The summed E-state index contributed by atoms with van der Waals surface area (Å²) < 4.78 is 5.68. The molecule has 2 heterocycles. The minimum absolute atomic E-state index is 0.461. The first-order chi connectivity index (χ1) is 11.8. The number of benzene rings is 1. The number of nitrogens with zero attached hydrogens (tertiary/aromatic N) is 2. The van der Waals surface area contributed by atoms with Crippen LogP contribution in [0.5, 0.6) is 0 Å². The van der Waals surface area contributed by atoms with Crippen molar-refractivity contribution in [1.29, 1.82) is 0 Å². The quantitative estimate of drug-likeness (QED) is 0.655. The first-order valence-corrected chi connectivity index (χ1v) is 12.1. The third-order valence-corrected chi connectivity index (χ3v) is 6.24. The van der Waals surface area contributed by atoms with Crippen molar-refractivity contribution in [3.05, 3.63) is 63.9 Å². The van der Waals surface area contributed by atoms with Crippen molar-refractivity contribution in [1.82, 2.24) is 10.1 Å². The van der Waals surface area contributed by atoms with Crippen LogP contribution in [0.25, 0.3) is 11.3 Å². The van der Waals surface area contributed by atoms with Crippen LogP contribution >= 0.6 is 23.2 Å². The third kappa shape index (κ3) is 3.51. The molecular formula is C18H18Cl2N2O2Si. The lowest BCUT2D eigenvalue weighted by molar-refractivity contribution is 0.221. The Morgan fingerprint density at radius 2 is 1.76 bits per heavy atom. The normalized spacial score (nSPS) is 13.0. The Kier molecular flexibility index (Phi) is 5.02. The third-order valence-electron chi connectivity index (χ3n) is 3.88. The van der Waals surface area contributed by atoms with Crippen LogP contribution in [0, 0.1) is 0 Å². The molecule has 0 spiro atoms. The van der Waals surface area contributed by atoms with Crippen LogP contribution in [0.1, 0.15) is 17.2 Å². The highest BCUT2D eigenvalue weighted by molar-refractivity contribution is 6.88. The Morgan fingerprint density at radius 3 is 2.32 bits per heavy atom. The van der Waals surface area contributed by atoms with Gasteiger partial charge in [0.1, 0.15) is 25.3 Å². The Morgan fingerprint density at radius 1 is 1.08 bits per heavy atom. The fraction of sp³-hybridized carbons (Fsp3) is 0.222. The molecule has 0 saturated carbocycles. The second kappa shape index (κ2) is 6.92. The molecule has 1 unspecified atom stereocenters. The molecule has 0 amide bonds. The number of hydrogen-bond acceptors (Lipinski definition) is 4. The van der Waals surface area contributed by atoms with E-state index >= 15 is 0 Å². The number of rotatable bonds is 4. The number of aliphatic hydroxyl groups excluding tert-OH is 1. The van der Waals surface area contributed by atoms with Crippen LogP contribution in [-0.4, -0.2) is 23.3 Å². The minimum Gasteiger partial charge on any atom is -0.383 e. The highest BCUT2D eigenvalue weighted by atomic mass is 35.5. The topological polar surface area (TPSA) is 59.2 Å². The van der Waals surface area contributed by atoms with E-state index in [9.17, 15) is 5.11 Å². The van der Waals surface area contributed by atoms with E-state index in [4.69, 9.17) is 27.7 Å². The zero-order chi connectivity index (χ0) is 18.2. The molecule has 0 aliphatic carbocycles. The molecule has 25 heavy (non-hydrogen) atoms. The van der Waals surface area contributed by atoms with E-state index < -0.39 is 14.2 Å². The fourth-order valence-electron chi connectivity index (χ4n) is 2.70. The average molecular weight is 393 g/mol. The second-order valence-corrected chi connectivity index (χ2v) is 12.6. The van der Waals surface area contributed by atoms with E-state index in [1.807, 2.05) is 6.07 Å². The van der Waals surface area contributed by atoms with Gasteiger partial charge in [-0.15, -0.1) is 0 Å². The van der Waals surface area contributed by atoms with Crippen molar-refractivity contribution < 1.29 is 9.63 Å². The predicted octanol–water partition coefficient (Wildman–Crippen LogP) is 4.67. The van der Waals surface area contributed by atoms with Crippen molar-refractivity contribution in [2.75, 3.05) is 0 Å². The molecule has 0 fully saturated rings. The highest BCUT2D eigenvalue weighted by Gasteiger charge is 2.34. The molecule has 4 nitrogen and oxygen atoms in total. The van der Waals surface area contributed by atoms with E-state index in [-0.39, 0.29) is 0 Å². The lowest BCUT2D eigenvalue weighted by atomic mass is 10.00. The van der Waals surface area contributed by atoms with Gasteiger partial charge in [-0.25, -0.2) is 0 Å². The van der Waals surface area contributed by atoms with Gasteiger partial charge in [-0.1, -0.05) is 60.1 Å². The summed E-state index contributed by atoms with van der Waals surface area (Å²) in [5, 5.41) is 16.9. The summed E-state index contributed by atoms with van der Waals surface area (Å²) in [6.45, 7) is 6.39. The van der Waals surface area contributed by atoms with E-state index in [1.165, 1.54) is 0 Å². The molecule has 3 rings (SSSR count). The van der Waals surface area contributed by atoms with Gasteiger partial charge in [-0.05, 0) is 18.2 Å². The van der Waals surface area contributed by atoms with Gasteiger partial charge in [0.2, 0.25) is 0 Å². The Bertz CT molecular complexity index is 872. The van der Waals surface area contributed by atoms with E-state index in [2.05, 4.69) is 29.8 Å². The van der Waals surface area contributed by atoms with Crippen LogP contribution in [0.15, 0.2) is 47.2 Å². The van der Waals surface area contributed by atoms with Crippen LogP contribution in [0.2, 0.25) is 29.7 Å². The summed E-state index contributed by atoms with van der Waals surface area (Å²) in [6, 6.07) is 8.85. The second-order valence-electron chi connectivity index (χ2n) is 6.81. The maximum Gasteiger partial charge on any atom is 0.127 e. The zero-order valence-corrected chi connectivity index (χ0v) is 16.6. The van der Waals surface area contributed by atoms with Gasteiger partial charge in [-0.2, -0.15) is 0 Å². The van der Waals surface area contributed by atoms with Crippen LogP contribution in [0.3, 0.4) is 0 Å². The lowest BCUT2D eigenvalue weighted by Gasteiger charge is -2.18. The maximum atomic E-state index is 11.0. The molecule has 1 N–H and O–H groups in total. The molecule has 0 bridgehead atoms. The minimum atomic E-state index is -1.92. The Balaban J connectivity index is 2.27. The molecule has 7 heteroatoms. The molecule has 130 valence electrons. The van der Waals surface area contributed by atoms with Gasteiger partial charge < -0.3 is 9.63 Å². The number of pyridine rings is 1. The average Bonchev–Trinajstić information content (AvgIpc) is 3.00. The monoisotopic (exact) mass is 392 g/mol. The highest BCUT2D eigenvalue weighted by Crippen LogP contribution is 2.38. The molecule has 0 aliphatic heterocycles. The van der Waals surface area contributed by atoms with Gasteiger partial charge >= 0.3 is 0 Å². The van der Waals surface area contributed by atoms with E-state index in [0.717, 1.165) is 5.38 Å². The largest absolute Gasteiger partial charge is 0.383 e. The molecule has 0 saturated heterocycles. The van der Waals surface area contributed by atoms with E-state index in [1.54, 1.807) is 36.7 Å². The molecular weight excluding hydrogens is 375 g/mol.